The summed E-state index contributed by atoms with van der Waals surface area (Å²) in [4.78, 5) is 1.87. The van der Waals surface area contributed by atoms with Gasteiger partial charge in [-0.15, -0.1) is 0 Å². The highest BCUT2D eigenvalue weighted by atomic mass is 35.5. The van der Waals surface area contributed by atoms with Crippen LogP contribution in [-0.4, -0.2) is 57.0 Å². The molecule has 10 heteroatoms. The second-order valence-electron chi connectivity index (χ2n) is 7.01. The highest BCUT2D eigenvalue weighted by molar-refractivity contribution is 7.89. The lowest BCUT2D eigenvalue weighted by molar-refractivity contribution is -0.0155. The van der Waals surface area contributed by atoms with Gasteiger partial charge in [0.15, 0.2) is 0 Å². The highest BCUT2D eigenvalue weighted by Crippen LogP contribution is 2.35. The van der Waals surface area contributed by atoms with Crippen molar-refractivity contribution >= 4 is 33.2 Å². The topological polar surface area (TPSA) is 73.6 Å². The first-order valence-electron chi connectivity index (χ1n) is 8.54. The lowest BCUT2D eigenvalue weighted by Crippen LogP contribution is -2.72. The summed E-state index contributed by atoms with van der Waals surface area (Å²) >= 11 is 11.9. The van der Waals surface area contributed by atoms with E-state index in [-0.39, 0.29) is 40.9 Å². The molecule has 1 aliphatic rings. The number of ether oxygens (including phenoxy) is 1. The Morgan fingerprint density at radius 1 is 1.24 bits per heavy atom. The minimum Gasteiger partial charge on any atom is -0.491 e. The first kappa shape index (κ1) is 21.8. The molecular weight excluding hydrogens is 440 g/mol. The summed E-state index contributed by atoms with van der Waals surface area (Å²) in [6.45, 7) is 0.506. The minimum atomic E-state index is -3.79. The van der Waals surface area contributed by atoms with Crippen molar-refractivity contribution < 1.29 is 17.5 Å². The van der Waals surface area contributed by atoms with E-state index >= 15 is 0 Å². The molecule has 0 radical (unpaired) electrons. The Morgan fingerprint density at radius 3 is 2.48 bits per heavy atom. The fraction of sp³-hybridized carbons (Fsp3) is 0.316. The van der Waals surface area contributed by atoms with Gasteiger partial charge in [0, 0.05) is 24.2 Å². The maximum Gasteiger partial charge on any atom is 0.244 e. The SMILES string of the molecule is CN(C)C1(COc2ccc(C#N)c(F)c2)CN(S(=O)(=O)c2ccc(Cl)cc2Cl)C1. The number of nitrogens with zero attached hydrogens (tertiary/aromatic N) is 3. The predicted octanol–water partition coefficient (Wildman–Crippen LogP) is 3.39. The minimum absolute atomic E-state index is 0.00833. The Bertz CT molecular complexity index is 1080. The number of rotatable bonds is 6. The zero-order chi connectivity index (χ0) is 21.4. The van der Waals surface area contributed by atoms with E-state index in [1.807, 2.05) is 19.0 Å². The Kier molecular flexibility index (Phi) is 6.08. The molecule has 0 amide bonds. The molecule has 1 heterocycles. The number of hydrogen-bond donors (Lipinski definition) is 0. The number of benzene rings is 2. The fourth-order valence-electron chi connectivity index (χ4n) is 3.00. The molecule has 0 atom stereocenters. The third-order valence-corrected chi connectivity index (χ3v) is 7.48. The molecule has 3 rings (SSSR count). The third kappa shape index (κ3) is 4.20. The van der Waals surface area contributed by atoms with Gasteiger partial charge in [-0.25, -0.2) is 12.8 Å². The zero-order valence-electron chi connectivity index (χ0n) is 15.7. The van der Waals surface area contributed by atoms with E-state index in [1.54, 1.807) is 6.07 Å². The van der Waals surface area contributed by atoms with Crippen molar-refractivity contribution in [3.63, 3.8) is 0 Å². The van der Waals surface area contributed by atoms with Crippen LogP contribution in [0.15, 0.2) is 41.3 Å². The molecule has 0 unspecified atom stereocenters. The maximum absolute atomic E-state index is 13.8. The standard InChI is InChI=1S/C19H18Cl2FN3O3S/c1-24(2)19(12-28-15-5-3-13(9-23)17(22)8-15)10-25(11-19)29(26,27)18-6-4-14(20)7-16(18)21/h3-8H,10-12H2,1-2H3. The molecule has 2 aromatic rings. The van der Waals surface area contributed by atoms with Crippen LogP contribution in [0.4, 0.5) is 4.39 Å². The monoisotopic (exact) mass is 457 g/mol. The molecule has 0 spiro atoms. The number of halogens is 3. The first-order valence-corrected chi connectivity index (χ1v) is 10.7. The van der Waals surface area contributed by atoms with Crippen molar-refractivity contribution in [3.05, 3.63) is 57.8 Å². The molecule has 2 aromatic carbocycles. The number of sulfonamides is 1. The van der Waals surface area contributed by atoms with Crippen LogP contribution in [-0.2, 0) is 10.0 Å². The summed E-state index contributed by atoms with van der Waals surface area (Å²) in [5.74, 6) is -0.399. The lowest BCUT2D eigenvalue weighted by Gasteiger charge is -2.52. The van der Waals surface area contributed by atoms with E-state index in [4.69, 9.17) is 33.2 Å². The van der Waals surface area contributed by atoms with Crippen LogP contribution in [0, 0.1) is 17.1 Å². The summed E-state index contributed by atoms with van der Waals surface area (Å²) in [5.41, 5.74) is -0.656. The molecule has 1 fully saturated rings. The van der Waals surface area contributed by atoms with Crippen LogP contribution < -0.4 is 4.74 Å². The second-order valence-corrected chi connectivity index (χ2v) is 9.76. The van der Waals surface area contributed by atoms with Crippen molar-refractivity contribution in [1.29, 1.82) is 5.26 Å². The highest BCUT2D eigenvalue weighted by Gasteiger charge is 2.51. The Hall–Kier alpha value is -1.89. The smallest absolute Gasteiger partial charge is 0.244 e. The molecule has 1 saturated heterocycles. The van der Waals surface area contributed by atoms with Crippen molar-refractivity contribution in [2.75, 3.05) is 33.8 Å². The van der Waals surface area contributed by atoms with E-state index in [2.05, 4.69) is 0 Å². The van der Waals surface area contributed by atoms with Crippen molar-refractivity contribution in [2.45, 2.75) is 10.4 Å². The number of nitriles is 1. The number of hydrogen-bond acceptors (Lipinski definition) is 5. The summed E-state index contributed by atoms with van der Waals surface area (Å²) in [6.07, 6.45) is 0. The average molecular weight is 458 g/mol. The normalized spacial score (nSPS) is 16.3. The van der Waals surface area contributed by atoms with Gasteiger partial charge in [-0.3, -0.25) is 4.90 Å². The van der Waals surface area contributed by atoms with Gasteiger partial charge in [0.1, 0.15) is 29.1 Å². The molecular formula is C19H18Cl2FN3O3S. The lowest BCUT2D eigenvalue weighted by atomic mass is 9.92. The van der Waals surface area contributed by atoms with Crippen LogP contribution in [0.2, 0.25) is 10.0 Å². The van der Waals surface area contributed by atoms with Gasteiger partial charge in [-0.1, -0.05) is 23.2 Å². The number of likely N-dealkylation sites (N-methyl/N-ethyl adjacent to an activating group) is 1. The van der Waals surface area contributed by atoms with E-state index in [0.29, 0.717) is 5.02 Å². The summed E-state index contributed by atoms with van der Waals surface area (Å²) in [7, 11) is -0.146. The van der Waals surface area contributed by atoms with Crippen LogP contribution >= 0.6 is 23.2 Å². The van der Waals surface area contributed by atoms with Crippen LogP contribution in [0.5, 0.6) is 5.75 Å². The molecule has 0 aromatic heterocycles. The van der Waals surface area contributed by atoms with Gasteiger partial charge in [0.05, 0.1) is 16.1 Å². The molecule has 0 saturated carbocycles. The molecule has 154 valence electrons. The largest absolute Gasteiger partial charge is 0.491 e. The van der Waals surface area contributed by atoms with Crippen LogP contribution in [0.25, 0.3) is 0 Å². The van der Waals surface area contributed by atoms with Gasteiger partial charge in [0.25, 0.3) is 0 Å². The molecule has 29 heavy (non-hydrogen) atoms. The third-order valence-electron chi connectivity index (χ3n) is 4.97. The van der Waals surface area contributed by atoms with Crippen LogP contribution in [0.1, 0.15) is 5.56 Å². The molecule has 0 N–H and O–H groups in total. The molecule has 6 nitrogen and oxygen atoms in total. The van der Waals surface area contributed by atoms with Crippen molar-refractivity contribution in [2.24, 2.45) is 0 Å². The van der Waals surface area contributed by atoms with Gasteiger partial charge >= 0.3 is 0 Å². The Morgan fingerprint density at radius 2 is 1.93 bits per heavy atom. The summed E-state index contributed by atoms with van der Waals surface area (Å²) in [5, 5.41) is 9.22. The van der Waals surface area contributed by atoms with Gasteiger partial charge in [-0.05, 0) is 44.4 Å². The van der Waals surface area contributed by atoms with Crippen LogP contribution in [0.3, 0.4) is 0 Å². The van der Waals surface area contributed by atoms with E-state index in [0.717, 1.165) is 6.07 Å². The van der Waals surface area contributed by atoms with Gasteiger partial charge in [-0.2, -0.15) is 9.57 Å². The van der Waals surface area contributed by atoms with Crippen molar-refractivity contribution in [3.8, 4) is 11.8 Å². The van der Waals surface area contributed by atoms with E-state index < -0.39 is 21.4 Å². The van der Waals surface area contributed by atoms with E-state index in [9.17, 15) is 12.8 Å². The Balaban J connectivity index is 1.74. The first-order chi connectivity index (χ1) is 13.6. The molecule has 0 aliphatic carbocycles. The van der Waals surface area contributed by atoms with Crippen molar-refractivity contribution in [1.82, 2.24) is 9.21 Å². The van der Waals surface area contributed by atoms with Gasteiger partial charge in [0.2, 0.25) is 10.0 Å². The van der Waals surface area contributed by atoms with Gasteiger partial charge < -0.3 is 4.74 Å². The predicted molar refractivity (Wildman–Crippen MR) is 108 cm³/mol. The zero-order valence-corrected chi connectivity index (χ0v) is 18.0. The Labute approximate surface area is 179 Å². The summed E-state index contributed by atoms with van der Waals surface area (Å²) < 4.78 is 46.6. The average Bonchev–Trinajstić information content (AvgIpc) is 2.60. The summed E-state index contributed by atoms with van der Waals surface area (Å²) in [6, 6.07) is 9.98. The maximum atomic E-state index is 13.8. The molecule has 0 bridgehead atoms. The molecule has 1 aliphatic heterocycles. The quantitative estimate of drug-likeness (QED) is 0.664. The van der Waals surface area contributed by atoms with E-state index in [1.165, 1.54) is 34.6 Å². The fourth-order valence-corrected chi connectivity index (χ4v) is 5.35. The second kappa shape index (κ2) is 8.09.